The minimum atomic E-state index is -1.45. The molecule has 1 amide bonds. The van der Waals surface area contributed by atoms with Crippen molar-refractivity contribution in [2.45, 2.75) is 13.0 Å². The molecular weight excluding hydrogens is 324 g/mol. The number of hydrogen-bond acceptors (Lipinski definition) is 5. The molecule has 0 spiro atoms. The third-order valence-electron chi connectivity index (χ3n) is 3.13. The Kier molecular flexibility index (Phi) is 7.03. The summed E-state index contributed by atoms with van der Waals surface area (Å²) < 4.78 is 35.9. The van der Waals surface area contributed by atoms with Crippen molar-refractivity contribution in [2.75, 3.05) is 13.7 Å². The third kappa shape index (κ3) is 4.87. The maximum absolute atomic E-state index is 13.5. The molecule has 0 heterocycles. The first kappa shape index (κ1) is 19.3. The predicted molar refractivity (Wildman–Crippen MR) is 80.0 cm³/mol. The molecule has 0 aliphatic carbocycles. The number of hydrogen-bond donors (Lipinski definition) is 1. The summed E-state index contributed by atoms with van der Waals surface area (Å²) in [6, 6.07) is 1.47. The van der Waals surface area contributed by atoms with E-state index in [2.05, 4.69) is 16.6 Å². The zero-order valence-corrected chi connectivity index (χ0v) is 13.2. The molecule has 0 saturated carbocycles. The number of carbonyl (C=O) groups excluding carboxylic acids is 3. The van der Waals surface area contributed by atoms with Crippen molar-refractivity contribution in [1.82, 2.24) is 5.32 Å². The summed E-state index contributed by atoms with van der Waals surface area (Å²) in [6.07, 6.45) is 0.356. The number of ether oxygens (including phenoxy) is 2. The van der Waals surface area contributed by atoms with Crippen molar-refractivity contribution in [2.24, 2.45) is 5.92 Å². The first-order valence-corrected chi connectivity index (χ1v) is 6.89. The maximum atomic E-state index is 13.5. The quantitative estimate of drug-likeness (QED) is 0.467. The number of esters is 1. The third-order valence-corrected chi connectivity index (χ3v) is 3.13. The number of nitrogens with one attached hydrogen (secondary N) is 1. The fourth-order valence-corrected chi connectivity index (χ4v) is 2.03. The van der Waals surface area contributed by atoms with E-state index in [4.69, 9.17) is 4.74 Å². The van der Waals surface area contributed by atoms with Gasteiger partial charge in [-0.2, -0.15) is 0 Å². The largest absolute Gasteiger partial charge is 0.468 e. The van der Waals surface area contributed by atoms with Gasteiger partial charge >= 0.3 is 12.1 Å². The fourth-order valence-electron chi connectivity index (χ4n) is 2.03. The number of benzene rings is 1. The van der Waals surface area contributed by atoms with Crippen LogP contribution in [-0.4, -0.2) is 31.6 Å². The lowest BCUT2D eigenvalue weighted by Gasteiger charge is -2.24. The van der Waals surface area contributed by atoms with Crippen LogP contribution in [-0.2, 0) is 19.1 Å². The summed E-state index contributed by atoms with van der Waals surface area (Å²) in [5.74, 6) is -5.30. The second-order valence-electron chi connectivity index (χ2n) is 4.79. The molecule has 0 bridgehead atoms. The van der Waals surface area contributed by atoms with E-state index in [1.807, 2.05) is 0 Å². The SMILES string of the molecule is C=CCOC(=O)N[C@@H](c1ccc(F)c(F)c1)C(C(C)=O)C(=O)OC. The van der Waals surface area contributed by atoms with Gasteiger partial charge in [0.05, 0.1) is 13.2 Å². The zero-order chi connectivity index (χ0) is 18.3. The number of carbonyl (C=O) groups is 3. The molecule has 24 heavy (non-hydrogen) atoms. The normalized spacial score (nSPS) is 12.7. The molecule has 0 aromatic heterocycles. The number of methoxy groups -OCH3 is 1. The van der Waals surface area contributed by atoms with E-state index in [1.54, 1.807) is 0 Å². The van der Waals surface area contributed by atoms with Gasteiger partial charge in [0.25, 0.3) is 0 Å². The van der Waals surface area contributed by atoms with Crippen LogP contribution in [0.4, 0.5) is 13.6 Å². The molecule has 0 aliphatic rings. The summed E-state index contributed by atoms with van der Waals surface area (Å²) >= 11 is 0. The first-order chi connectivity index (χ1) is 11.3. The van der Waals surface area contributed by atoms with Crippen LogP contribution in [0.1, 0.15) is 18.5 Å². The van der Waals surface area contributed by atoms with Gasteiger partial charge < -0.3 is 14.8 Å². The Morgan fingerprint density at radius 3 is 2.46 bits per heavy atom. The standard InChI is InChI=1S/C16H17F2NO5/c1-4-7-24-16(22)19-14(13(9(2)20)15(21)23-3)10-5-6-11(17)12(18)8-10/h4-6,8,13-14H,1,7H2,2-3H3,(H,19,22)/t13?,14-/m0/s1. The molecular formula is C16H17F2NO5. The lowest BCUT2D eigenvalue weighted by molar-refractivity contribution is -0.150. The Labute approximate surface area is 137 Å². The van der Waals surface area contributed by atoms with Crippen LogP contribution in [0.25, 0.3) is 0 Å². The molecule has 0 fully saturated rings. The Hall–Kier alpha value is -2.77. The summed E-state index contributed by atoms with van der Waals surface area (Å²) in [4.78, 5) is 35.5. The van der Waals surface area contributed by atoms with E-state index in [-0.39, 0.29) is 12.2 Å². The van der Waals surface area contributed by atoms with Gasteiger partial charge in [0.2, 0.25) is 0 Å². The molecule has 1 aromatic carbocycles. The number of halogens is 2. The van der Waals surface area contributed by atoms with E-state index in [0.29, 0.717) is 0 Å². The van der Waals surface area contributed by atoms with Gasteiger partial charge in [-0.25, -0.2) is 13.6 Å². The van der Waals surface area contributed by atoms with Crippen LogP contribution in [0.5, 0.6) is 0 Å². The van der Waals surface area contributed by atoms with Crippen LogP contribution < -0.4 is 5.32 Å². The molecule has 8 heteroatoms. The van der Waals surface area contributed by atoms with E-state index in [1.165, 1.54) is 6.08 Å². The Morgan fingerprint density at radius 1 is 1.29 bits per heavy atom. The van der Waals surface area contributed by atoms with Crippen molar-refractivity contribution in [3.05, 3.63) is 48.1 Å². The average Bonchev–Trinajstić information content (AvgIpc) is 2.54. The lowest BCUT2D eigenvalue weighted by Crippen LogP contribution is -2.40. The van der Waals surface area contributed by atoms with Crippen LogP contribution in [0.2, 0.25) is 0 Å². The van der Waals surface area contributed by atoms with Crippen LogP contribution >= 0.6 is 0 Å². The van der Waals surface area contributed by atoms with Gasteiger partial charge in [-0.15, -0.1) is 0 Å². The molecule has 0 radical (unpaired) electrons. The van der Waals surface area contributed by atoms with Gasteiger partial charge in [0.1, 0.15) is 18.3 Å². The molecule has 0 saturated heterocycles. The lowest BCUT2D eigenvalue weighted by atomic mass is 9.90. The highest BCUT2D eigenvalue weighted by atomic mass is 19.2. The summed E-state index contributed by atoms with van der Waals surface area (Å²) in [7, 11) is 1.07. The summed E-state index contributed by atoms with van der Waals surface area (Å²) in [6.45, 7) is 4.38. The Morgan fingerprint density at radius 2 is 1.96 bits per heavy atom. The van der Waals surface area contributed by atoms with Crippen LogP contribution in [0.15, 0.2) is 30.9 Å². The average molecular weight is 341 g/mol. The number of amides is 1. The van der Waals surface area contributed by atoms with Gasteiger partial charge in [-0.05, 0) is 24.6 Å². The number of ketones is 1. The van der Waals surface area contributed by atoms with Crippen molar-refractivity contribution >= 4 is 17.8 Å². The monoisotopic (exact) mass is 341 g/mol. The van der Waals surface area contributed by atoms with E-state index in [0.717, 1.165) is 32.2 Å². The van der Waals surface area contributed by atoms with Crippen molar-refractivity contribution in [1.29, 1.82) is 0 Å². The smallest absolute Gasteiger partial charge is 0.407 e. The highest BCUT2D eigenvalue weighted by Crippen LogP contribution is 2.26. The molecule has 1 N–H and O–H groups in total. The van der Waals surface area contributed by atoms with Gasteiger partial charge in [0.15, 0.2) is 11.6 Å². The molecule has 1 aromatic rings. The maximum Gasteiger partial charge on any atom is 0.407 e. The highest BCUT2D eigenvalue weighted by Gasteiger charge is 2.36. The van der Waals surface area contributed by atoms with Crippen LogP contribution in [0.3, 0.4) is 0 Å². The molecule has 130 valence electrons. The van der Waals surface area contributed by atoms with E-state index < -0.39 is 41.4 Å². The Bertz CT molecular complexity index is 647. The first-order valence-electron chi connectivity index (χ1n) is 6.89. The van der Waals surface area contributed by atoms with Crippen molar-refractivity contribution < 1.29 is 32.6 Å². The second kappa shape index (κ2) is 8.76. The molecule has 6 nitrogen and oxygen atoms in total. The van der Waals surface area contributed by atoms with Gasteiger partial charge in [-0.3, -0.25) is 9.59 Å². The molecule has 0 aliphatic heterocycles. The topological polar surface area (TPSA) is 81.7 Å². The molecule has 1 unspecified atom stereocenters. The van der Waals surface area contributed by atoms with Crippen molar-refractivity contribution in [3.63, 3.8) is 0 Å². The van der Waals surface area contributed by atoms with Gasteiger partial charge in [0, 0.05) is 0 Å². The number of Topliss-reactive ketones (excluding diaryl/α,β-unsaturated/α-hetero) is 1. The second-order valence-corrected chi connectivity index (χ2v) is 4.79. The molecule has 2 atom stereocenters. The molecule has 1 rings (SSSR count). The van der Waals surface area contributed by atoms with Gasteiger partial charge in [-0.1, -0.05) is 18.7 Å². The number of alkyl carbamates (subject to hydrolysis) is 1. The fraction of sp³-hybridized carbons (Fsp3) is 0.312. The zero-order valence-electron chi connectivity index (χ0n) is 13.2. The minimum Gasteiger partial charge on any atom is -0.468 e. The Balaban J connectivity index is 3.25. The number of rotatable bonds is 7. The van der Waals surface area contributed by atoms with Crippen LogP contribution in [0, 0.1) is 17.6 Å². The summed E-state index contributed by atoms with van der Waals surface area (Å²) in [5, 5.41) is 2.29. The van der Waals surface area contributed by atoms with Crippen molar-refractivity contribution in [3.8, 4) is 0 Å². The van der Waals surface area contributed by atoms with E-state index in [9.17, 15) is 23.2 Å². The van der Waals surface area contributed by atoms with E-state index >= 15 is 0 Å². The summed E-state index contributed by atoms with van der Waals surface area (Å²) in [5.41, 5.74) is 0.00931. The highest BCUT2D eigenvalue weighted by molar-refractivity contribution is 5.99. The predicted octanol–water partition coefficient (Wildman–Crippen LogP) is 2.30. The minimum absolute atomic E-state index is 0.00931.